The Kier molecular flexibility index (Phi) is 6.85. The Morgan fingerprint density at radius 2 is 0.853 bits per heavy atom. The summed E-state index contributed by atoms with van der Waals surface area (Å²) in [6.45, 7) is 13.3. The summed E-state index contributed by atoms with van der Waals surface area (Å²) in [6, 6.07) is 33.6. The summed E-state index contributed by atoms with van der Waals surface area (Å²) >= 11 is 0. The molecule has 1 atom stereocenters. The van der Waals surface area contributed by atoms with Crippen LogP contribution in [0.2, 0.25) is 0 Å². The summed E-state index contributed by atoms with van der Waals surface area (Å²) < 4.78 is 0. The molecule has 0 aliphatic carbocycles. The monoisotopic (exact) mass is 442 g/mol. The summed E-state index contributed by atoms with van der Waals surface area (Å²) in [5, 5.41) is 0. The minimum Gasteiger partial charge on any atom is -0.0665 e. The van der Waals surface area contributed by atoms with Crippen LogP contribution in [-0.2, 0) is 5.41 Å². The van der Waals surface area contributed by atoms with Crippen LogP contribution >= 0.6 is 0 Å². The van der Waals surface area contributed by atoms with E-state index in [1.54, 1.807) is 0 Å². The third kappa shape index (κ3) is 5.36. The molecule has 2 radical (unpaired) electrons. The first-order chi connectivity index (χ1) is 16.1. The van der Waals surface area contributed by atoms with Crippen LogP contribution in [0.3, 0.4) is 0 Å². The standard InChI is InChI=1S/C33H35B/c1-22(2)24-7-11-26(12-8-24)29-19-30(27-13-9-25(10-14-27)23(3)34)21-31(20-29)28-15-17-32(18-16-28)33(4,5)6/h7-23H,1-6H3. The van der Waals surface area contributed by atoms with Gasteiger partial charge in [0.2, 0.25) is 0 Å². The topological polar surface area (TPSA) is 0 Å². The number of rotatable bonds is 5. The largest absolute Gasteiger partial charge is 0.0759 e. The van der Waals surface area contributed by atoms with Gasteiger partial charge in [0, 0.05) is 0 Å². The Labute approximate surface area is 207 Å². The van der Waals surface area contributed by atoms with Gasteiger partial charge in [0.15, 0.2) is 0 Å². The molecule has 0 heterocycles. The van der Waals surface area contributed by atoms with Crippen molar-refractivity contribution in [2.45, 2.75) is 58.7 Å². The van der Waals surface area contributed by atoms with E-state index in [4.69, 9.17) is 7.85 Å². The minimum absolute atomic E-state index is 0.0387. The molecule has 0 N–H and O–H groups in total. The molecule has 0 saturated carbocycles. The lowest BCUT2D eigenvalue weighted by Crippen LogP contribution is -2.10. The fraction of sp³-hybridized carbons (Fsp3) is 0.273. The molecule has 1 heteroatoms. The molecule has 4 aromatic carbocycles. The molecule has 0 aromatic heterocycles. The summed E-state index contributed by atoms with van der Waals surface area (Å²) in [5.41, 5.74) is 11.4. The normalized spacial score (nSPS) is 12.7. The Morgan fingerprint density at radius 3 is 1.18 bits per heavy atom. The quantitative estimate of drug-likeness (QED) is 0.270. The Balaban J connectivity index is 1.82. The van der Waals surface area contributed by atoms with Crippen molar-refractivity contribution in [3.05, 3.63) is 108 Å². The molecule has 0 saturated heterocycles. The molecule has 0 nitrogen and oxygen atoms in total. The van der Waals surface area contributed by atoms with E-state index in [9.17, 15) is 0 Å². The summed E-state index contributed by atoms with van der Waals surface area (Å²) in [7, 11) is 6.08. The smallest absolute Gasteiger partial charge is 0.0665 e. The van der Waals surface area contributed by atoms with Crippen LogP contribution < -0.4 is 0 Å². The van der Waals surface area contributed by atoms with Gasteiger partial charge in [-0.15, -0.1) is 0 Å². The van der Waals surface area contributed by atoms with E-state index in [1.165, 1.54) is 44.5 Å². The number of hydrogen-bond acceptors (Lipinski definition) is 0. The molecule has 0 amide bonds. The van der Waals surface area contributed by atoms with Gasteiger partial charge in [0.25, 0.3) is 0 Å². The van der Waals surface area contributed by atoms with Crippen molar-refractivity contribution in [2.24, 2.45) is 0 Å². The first-order valence-electron chi connectivity index (χ1n) is 12.3. The fourth-order valence-corrected chi connectivity index (χ4v) is 4.33. The molecular weight excluding hydrogens is 407 g/mol. The van der Waals surface area contributed by atoms with Crippen LogP contribution in [0.4, 0.5) is 0 Å². The summed E-state index contributed by atoms with van der Waals surface area (Å²) in [4.78, 5) is 0. The second-order valence-corrected chi connectivity index (χ2v) is 10.8. The fourth-order valence-electron chi connectivity index (χ4n) is 4.33. The molecular formula is C33H35B. The maximum atomic E-state index is 6.08. The lowest BCUT2D eigenvalue weighted by Gasteiger charge is -2.19. The maximum absolute atomic E-state index is 6.08. The van der Waals surface area contributed by atoms with E-state index in [2.05, 4.69) is 126 Å². The van der Waals surface area contributed by atoms with Gasteiger partial charge in [-0.3, -0.25) is 0 Å². The first-order valence-corrected chi connectivity index (χ1v) is 12.3. The molecule has 0 aliphatic rings. The Hall–Kier alpha value is -3.06. The van der Waals surface area contributed by atoms with Crippen molar-refractivity contribution in [3.8, 4) is 33.4 Å². The van der Waals surface area contributed by atoms with Crippen molar-refractivity contribution >= 4 is 7.85 Å². The van der Waals surface area contributed by atoms with Crippen LogP contribution in [0, 0.1) is 0 Å². The highest BCUT2D eigenvalue weighted by atomic mass is 14.2. The Bertz CT molecular complexity index is 1170. The zero-order chi connectivity index (χ0) is 24.5. The van der Waals surface area contributed by atoms with Gasteiger partial charge in [-0.1, -0.05) is 126 Å². The molecule has 0 aliphatic heterocycles. The van der Waals surface area contributed by atoms with Gasteiger partial charge in [0.05, 0.1) is 7.85 Å². The number of hydrogen-bond donors (Lipinski definition) is 0. The zero-order valence-corrected chi connectivity index (χ0v) is 21.4. The molecule has 0 spiro atoms. The van der Waals surface area contributed by atoms with Crippen LogP contribution in [0.1, 0.15) is 70.0 Å². The number of benzene rings is 4. The molecule has 4 aromatic rings. The first kappa shape index (κ1) is 24.1. The predicted molar refractivity (Wildman–Crippen MR) is 150 cm³/mol. The van der Waals surface area contributed by atoms with Crippen molar-refractivity contribution in [2.75, 3.05) is 0 Å². The van der Waals surface area contributed by atoms with E-state index in [-0.39, 0.29) is 11.2 Å². The van der Waals surface area contributed by atoms with Gasteiger partial charge in [-0.05, 0) is 74.0 Å². The average molecular weight is 442 g/mol. The molecule has 0 fully saturated rings. The maximum Gasteiger partial charge on any atom is 0.0759 e. The van der Waals surface area contributed by atoms with Crippen LogP contribution in [0.5, 0.6) is 0 Å². The molecule has 1 unspecified atom stereocenters. The molecule has 4 rings (SSSR count). The van der Waals surface area contributed by atoms with Crippen LogP contribution in [0.25, 0.3) is 33.4 Å². The Morgan fingerprint density at radius 1 is 0.500 bits per heavy atom. The molecule has 34 heavy (non-hydrogen) atoms. The minimum atomic E-state index is 0.0387. The zero-order valence-electron chi connectivity index (χ0n) is 21.4. The predicted octanol–water partition coefficient (Wildman–Crippen LogP) is 9.34. The second-order valence-electron chi connectivity index (χ2n) is 10.8. The van der Waals surface area contributed by atoms with Gasteiger partial charge in [-0.25, -0.2) is 0 Å². The van der Waals surface area contributed by atoms with Crippen molar-refractivity contribution in [1.82, 2.24) is 0 Å². The third-order valence-electron chi connectivity index (χ3n) is 6.70. The lowest BCUT2D eigenvalue weighted by molar-refractivity contribution is 0.590. The van der Waals surface area contributed by atoms with E-state index >= 15 is 0 Å². The van der Waals surface area contributed by atoms with Gasteiger partial charge >= 0.3 is 0 Å². The highest BCUT2D eigenvalue weighted by Crippen LogP contribution is 2.35. The van der Waals surface area contributed by atoms with Crippen LogP contribution in [-0.4, -0.2) is 7.85 Å². The highest BCUT2D eigenvalue weighted by molar-refractivity contribution is 6.12. The van der Waals surface area contributed by atoms with Gasteiger partial charge in [-0.2, -0.15) is 0 Å². The van der Waals surface area contributed by atoms with E-state index in [1.807, 2.05) is 6.92 Å². The van der Waals surface area contributed by atoms with E-state index in [0.29, 0.717) is 5.92 Å². The van der Waals surface area contributed by atoms with E-state index in [0.717, 1.165) is 5.56 Å². The van der Waals surface area contributed by atoms with Crippen LogP contribution in [0.15, 0.2) is 91.0 Å². The van der Waals surface area contributed by atoms with Gasteiger partial charge in [0.1, 0.15) is 0 Å². The van der Waals surface area contributed by atoms with E-state index < -0.39 is 0 Å². The lowest BCUT2D eigenvalue weighted by atomic mass is 9.82. The highest BCUT2D eigenvalue weighted by Gasteiger charge is 2.14. The second kappa shape index (κ2) is 9.67. The molecule has 170 valence electrons. The van der Waals surface area contributed by atoms with Gasteiger partial charge < -0.3 is 0 Å². The summed E-state index contributed by atoms with van der Waals surface area (Å²) in [6.07, 6.45) is 0. The SMILES string of the molecule is [B]C(C)c1ccc(-c2cc(-c3ccc(C(C)C)cc3)cc(-c3ccc(C(C)(C)C)cc3)c2)cc1. The summed E-state index contributed by atoms with van der Waals surface area (Å²) in [5.74, 6) is 0.567. The third-order valence-corrected chi connectivity index (χ3v) is 6.70. The average Bonchev–Trinajstić information content (AvgIpc) is 2.83. The van der Waals surface area contributed by atoms with Crippen molar-refractivity contribution in [3.63, 3.8) is 0 Å². The van der Waals surface area contributed by atoms with Crippen molar-refractivity contribution < 1.29 is 0 Å². The molecule has 0 bridgehead atoms. The van der Waals surface area contributed by atoms with Crippen molar-refractivity contribution in [1.29, 1.82) is 0 Å².